The fourth-order valence-electron chi connectivity index (χ4n) is 3.31. The van der Waals surface area contributed by atoms with Crippen molar-refractivity contribution < 1.29 is 19.4 Å². The number of carbonyl (C=O) groups is 2. The average Bonchev–Trinajstić information content (AvgIpc) is 2.68. The number of unbranched alkanes of at least 4 members (excludes halogenated alkanes) is 15. The van der Waals surface area contributed by atoms with E-state index in [-0.39, 0.29) is 48.4 Å². The predicted molar refractivity (Wildman–Crippen MR) is 121 cm³/mol. The van der Waals surface area contributed by atoms with Crippen molar-refractivity contribution in [3.05, 3.63) is 0 Å². The van der Waals surface area contributed by atoms with Gasteiger partial charge in [0, 0.05) is 36.0 Å². The molecule has 0 aromatic heterocycles. The van der Waals surface area contributed by atoms with Gasteiger partial charge in [0.05, 0.1) is 6.61 Å². The summed E-state index contributed by atoms with van der Waals surface area (Å²) in [5.41, 5.74) is 5.35. The largest absolute Gasteiger partial charge is 0.480 e. The Morgan fingerprint density at radius 1 is 0.759 bits per heavy atom. The van der Waals surface area contributed by atoms with Gasteiger partial charge >= 0.3 is 11.9 Å². The van der Waals surface area contributed by atoms with Crippen LogP contribution in [0.1, 0.15) is 122 Å². The minimum Gasteiger partial charge on any atom is -0.480 e. The van der Waals surface area contributed by atoms with E-state index >= 15 is 0 Å². The number of nitrogens with two attached hydrogens (primary N) is 1. The van der Waals surface area contributed by atoms with Crippen LogP contribution in [-0.4, -0.2) is 59.3 Å². The molecule has 0 heterocycles. The second-order valence-corrected chi connectivity index (χ2v) is 8.01. The number of hydrogen-bond acceptors (Lipinski definition) is 4. The summed E-state index contributed by atoms with van der Waals surface area (Å²) in [5, 5.41) is 8.65. The quantitative estimate of drug-likeness (QED) is 0.143. The van der Waals surface area contributed by atoms with Crippen LogP contribution in [-0.2, 0) is 14.3 Å². The number of carbonyl (C=O) groups excluding carboxylic acids is 1. The first kappa shape index (κ1) is 31.1. The Bertz CT molecular complexity index is 380. The normalized spacial score (nSPS) is 11.7. The molecule has 29 heavy (non-hydrogen) atoms. The molecule has 0 saturated carbocycles. The van der Waals surface area contributed by atoms with Crippen LogP contribution in [0.2, 0.25) is 0 Å². The molecule has 0 aliphatic rings. The molecule has 0 fully saturated rings. The summed E-state index contributed by atoms with van der Waals surface area (Å²) in [5.74, 6) is -1.43. The Morgan fingerprint density at radius 2 is 1.14 bits per heavy atom. The first-order chi connectivity index (χ1) is 13.6. The van der Waals surface area contributed by atoms with E-state index in [1.807, 2.05) is 0 Å². The van der Waals surface area contributed by atoms with Crippen LogP contribution in [0.5, 0.6) is 0 Å². The monoisotopic (exact) mass is 422 g/mol. The number of rotatable bonds is 21. The van der Waals surface area contributed by atoms with E-state index in [1.165, 1.54) is 89.9 Å². The number of esters is 1. The van der Waals surface area contributed by atoms with Gasteiger partial charge in [0.25, 0.3) is 0 Å². The third-order valence-electron chi connectivity index (χ3n) is 5.24. The first-order valence-electron chi connectivity index (χ1n) is 11.7. The van der Waals surface area contributed by atoms with E-state index in [9.17, 15) is 9.59 Å². The van der Waals surface area contributed by atoms with Crippen LogP contribution in [0, 0.1) is 0 Å². The Kier molecular flexibility index (Phi) is 25.9. The van der Waals surface area contributed by atoms with Gasteiger partial charge in [-0.05, 0) is 12.8 Å². The first-order valence-corrected chi connectivity index (χ1v) is 11.7. The average molecular weight is 423 g/mol. The minimum atomic E-state index is -1.08. The fraction of sp³-hybridized carbons (Fsp3) is 0.913. The molecule has 6 heteroatoms. The van der Waals surface area contributed by atoms with Crippen molar-refractivity contribution in [2.24, 2.45) is 5.73 Å². The van der Waals surface area contributed by atoms with Gasteiger partial charge in [-0.2, -0.15) is 0 Å². The minimum absolute atomic E-state index is 0. The molecule has 3 N–H and O–H groups in total. The molecule has 167 valence electrons. The number of carboxylic acid groups (broad SMARTS) is 1. The van der Waals surface area contributed by atoms with Gasteiger partial charge in [0.15, 0.2) is 0 Å². The smallest absolute Gasteiger partial charge is 0.320 e. The molecule has 0 aliphatic carbocycles. The second-order valence-electron chi connectivity index (χ2n) is 8.01. The number of ether oxygens (including phenoxy) is 1. The summed E-state index contributed by atoms with van der Waals surface area (Å²) in [4.78, 5) is 22.0. The molecule has 0 bridgehead atoms. The zero-order valence-electron chi connectivity index (χ0n) is 19.3. The van der Waals surface area contributed by atoms with Gasteiger partial charge in [0.1, 0.15) is 6.04 Å². The van der Waals surface area contributed by atoms with Crippen molar-refractivity contribution in [1.29, 1.82) is 0 Å². The summed E-state index contributed by atoms with van der Waals surface area (Å²) in [6, 6.07) is -0.983. The van der Waals surface area contributed by atoms with E-state index in [0.29, 0.717) is 6.61 Å². The van der Waals surface area contributed by atoms with Gasteiger partial charge in [-0.3, -0.25) is 9.59 Å². The van der Waals surface area contributed by atoms with E-state index in [4.69, 9.17) is 15.6 Å². The SMILES string of the molecule is CCCCCCCCCCCCCCCCCCOC(=O)CC[C@H](N)C(=O)O.[Na]. The van der Waals surface area contributed by atoms with E-state index < -0.39 is 12.0 Å². The van der Waals surface area contributed by atoms with Crippen molar-refractivity contribution in [1.82, 2.24) is 0 Å². The molecule has 0 amide bonds. The van der Waals surface area contributed by atoms with Crippen LogP contribution in [0.4, 0.5) is 0 Å². The van der Waals surface area contributed by atoms with Crippen LogP contribution in [0.25, 0.3) is 0 Å². The fourth-order valence-corrected chi connectivity index (χ4v) is 3.31. The van der Waals surface area contributed by atoms with Crippen LogP contribution >= 0.6 is 0 Å². The van der Waals surface area contributed by atoms with E-state index in [0.717, 1.165) is 12.8 Å². The van der Waals surface area contributed by atoms with Gasteiger partial charge in [-0.15, -0.1) is 0 Å². The van der Waals surface area contributed by atoms with Crippen molar-refractivity contribution in [2.45, 2.75) is 129 Å². The number of aliphatic carboxylic acids is 1. The van der Waals surface area contributed by atoms with Crippen LogP contribution in [0.3, 0.4) is 0 Å². The Labute approximate surface area is 201 Å². The zero-order valence-corrected chi connectivity index (χ0v) is 21.3. The summed E-state index contributed by atoms with van der Waals surface area (Å²) in [6.07, 6.45) is 21.3. The van der Waals surface area contributed by atoms with Crippen molar-refractivity contribution >= 4 is 41.5 Å². The van der Waals surface area contributed by atoms with E-state index in [1.54, 1.807) is 0 Å². The summed E-state index contributed by atoms with van der Waals surface area (Å²) >= 11 is 0. The number of hydrogen-bond donors (Lipinski definition) is 2. The third kappa shape index (κ3) is 24.0. The predicted octanol–water partition coefficient (Wildman–Crippen LogP) is 5.60. The molecule has 0 unspecified atom stereocenters. The van der Waals surface area contributed by atoms with Gasteiger partial charge < -0.3 is 15.6 Å². The second kappa shape index (κ2) is 24.2. The zero-order chi connectivity index (χ0) is 20.9. The van der Waals surface area contributed by atoms with Crippen LogP contribution < -0.4 is 5.73 Å². The molecular weight excluding hydrogens is 377 g/mol. The molecule has 1 radical (unpaired) electrons. The Hall–Kier alpha value is -0.100. The third-order valence-corrected chi connectivity index (χ3v) is 5.24. The molecule has 0 aliphatic heterocycles. The van der Waals surface area contributed by atoms with E-state index in [2.05, 4.69) is 6.92 Å². The maximum Gasteiger partial charge on any atom is 0.320 e. The topological polar surface area (TPSA) is 89.6 Å². The molecule has 0 aromatic rings. The standard InChI is InChI=1S/C23H45NO4.Na/c1-2-3-4-5-6-7-8-9-10-11-12-13-14-15-16-17-20-28-22(25)19-18-21(24)23(26)27;/h21H,2-20,24H2,1H3,(H,26,27);/t21-;/m0./s1. The summed E-state index contributed by atoms with van der Waals surface area (Å²) < 4.78 is 5.10. The van der Waals surface area contributed by atoms with Crippen molar-refractivity contribution in [2.75, 3.05) is 6.61 Å². The number of carboxylic acids is 1. The van der Waals surface area contributed by atoms with Crippen LogP contribution in [0.15, 0.2) is 0 Å². The van der Waals surface area contributed by atoms with Crippen molar-refractivity contribution in [3.63, 3.8) is 0 Å². The molecule has 5 nitrogen and oxygen atoms in total. The molecule has 0 saturated heterocycles. The van der Waals surface area contributed by atoms with Crippen molar-refractivity contribution in [3.8, 4) is 0 Å². The summed E-state index contributed by atoms with van der Waals surface area (Å²) in [6.45, 7) is 2.70. The maximum atomic E-state index is 11.5. The summed E-state index contributed by atoms with van der Waals surface area (Å²) in [7, 11) is 0. The molecule has 0 spiro atoms. The van der Waals surface area contributed by atoms with Gasteiger partial charge in [-0.1, -0.05) is 103 Å². The molecule has 1 atom stereocenters. The Morgan fingerprint density at radius 3 is 1.52 bits per heavy atom. The Balaban J connectivity index is 0. The molecular formula is C23H45NNaO4. The van der Waals surface area contributed by atoms with Gasteiger partial charge in [-0.25, -0.2) is 0 Å². The maximum absolute atomic E-state index is 11.5. The molecule has 0 aromatic carbocycles. The van der Waals surface area contributed by atoms with Gasteiger partial charge in [0.2, 0.25) is 0 Å². The molecule has 0 rings (SSSR count).